The minimum atomic E-state index is -5.10. The fourth-order valence-corrected chi connectivity index (χ4v) is 6.98. The Kier molecular flexibility index (Phi) is 9.69. The van der Waals surface area contributed by atoms with Gasteiger partial charge in [0.1, 0.15) is 11.4 Å². The van der Waals surface area contributed by atoms with Crippen LogP contribution in [0.25, 0.3) is 22.3 Å². The number of aromatic nitrogens is 1. The third-order valence-corrected chi connectivity index (χ3v) is 9.70. The van der Waals surface area contributed by atoms with Crippen molar-refractivity contribution in [2.45, 2.75) is 56.9 Å². The van der Waals surface area contributed by atoms with Gasteiger partial charge in [-0.3, -0.25) is 4.79 Å². The fraction of sp³-hybridized carbons (Fsp3) is 0.286. The molecule has 0 unspecified atom stereocenters. The van der Waals surface area contributed by atoms with Crippen LogP contribution in [0.2, 0.25) is 0 Å². The standard InChI is InChI=1S/C35H28F8N2O4S/c1-17-11-20(31(46)47)5-7-24(17)19-6-9-28(49-4)26(14-19)25-8-10-29(33(3,36)37)44-27(25)16-45-18(2)30(50-32(45)48)21-12-22(34(38,39)40)15-23(13-21)35(41,42)43/h5-15,18,30H,16H2,1-4H3,(H,46,47)/t18-,30-/m0/s1. The van der Waals surface area contributed by atoms with E-state index in [0.29, 0.717) is 58.8 Å². The maximum Gasteiger partial charge on any atom is 0.416 e. The number of halogens is 8. The lowest BCUT2D eigenvalue weighted by atomic mass is 9.93. The summed E-state index contributed by atoms with van der Waals surface area (Å²) in [6.07, 6.45) is -10.2. The van der Waals surface area contributed by atoms with Gasteiger partial charge in [0.15, 0.2) is 0 Å². The number of hydrogen-bond donors (Lipinski definition) is 1. The highest BCUT2D eigenvalue weighted by Crippen LogP contribution is 2.47. The smallest absolute Gasteiger partial charge is 0.416 e. The number of rotatable bonds is 8. The molecule has 1 aromatic heterocycles. The van der Waals surface area contributed by atoms with Gasteiger partial charge in [0, 0.05) is 24.1 Å². The molecule has 0 radical (unpaired) electrons. The number of alkyl halides is 8. The second-order valence-electron chi connectivity index (χ2n) is 11.8. The van der Waals surface area contributed by atoms with Crippen LogP contribution in [0.15, 0.2) is 66.7 Å². The molecule has 15 heteroatoms. The third-order valence-electron chi connectivity index (χ3n) is 8.35. The van der Waals surface area contributed by atoms with Crippen molar-refractivity contribution in [1.29, 1.82) is 0 Å². The Morgan fingerprint density at radius 2 is 1.50 bits per heavy atom. The van der Waals surface area contributed by atoms with Gasteiger partial charge in [0.05, 0.1) is 41.3 Å². The topological polar surface area (TPSA) is 79.7 Å². The lowest BCUT2D eigenvalue weighted by Gasteiger charge is -2.26. The first kappa shape index (κ1) is 36.6. The quantitative estimate of drug-likeness (QED) is 0.182. The van der Waals surface area contributed by atoms with Crippen molar-refractivity contribution in [3.63, 3.8) is 0 Å². The number of carbonyl (C=O) groups is 2. The molecule has 1 amide bonds. The monoisotopic (exact) mass is 724 g/mol. The predicted molar refractivity (Wildman–Crippen MR) is 170 cm³/mol. The second-order valence-corrected chi connectivity index (χ2v) is 12.9. The Morgan fingerprint density at radius 3 is 2.04 bits per heavy atom. The van der Waals surface area contributed by atoms with E-state index in [0.717, 1.165) is 11.0 Å². The van der Waals surface area contributed by atoms with Crippen molar-refractivity contribution >= 4 is 23.0 Å². The van der Waals surface area contributed by atoms with Crippen molar-refractivity contribution in [3.05, 3.63) is 106 Å². The summed E-state index contributed by atoms with van der Waals surface area (Å²) in [5.74, 6) is -4.23. The van der Waals surface area contributed by atoms with Gasteiger partial charge in [-0.05, 0) is 84.6 Å². The Bertz CT molecular complexity index is 1940. The molecule has 0 aliphatic carbocycles. The first-order valence-corrected chi connectivity index (χ1v) is 15.7. The molecular weight excluding hydrogens is 696 g/mol. The van der Waals surface area contributed by atoms with Gasteiger partial charge in [0.25, 0.3) is 11.2 Å². The van der Waals surface area contributed by atoms with E-state index >= 15 is 0 Å². The SMILES string of the molecule is COc1ccc(-c2ccc(C(=O)O)cc2C)cc1-c1ccc(C(C)(F)F)nc1CN1C(=O)S[C@H](c2cc(C(F)(F)F)cc(C(F)(F)F)c2)[C@@H]1C. The van der Waals surface area contributed by atoms with E-state index in [1.54, 1.807) is 31.2 Å². The van der Waals surface area contributed by atoms with E-state index in [4.69, 9.17) is 4.74 Å². The maximum atomic E-state index is 14.6. The number of ether oxygens (including phenoxy) is 1. The van der Waals surface area contributed by atoms with Crippen molar-refractivity contribution < 1.29 is 54.6 Å². The number of aryl methyl sites for hydroxylation is 1. The predicted octanol–water partition coefficient (Wildman–Crippen LogP) is 10.4. The van der Waals surface area contributed by atoms with Crippen LogP contribution in [-0.2, 0) is 24.8 Å². The van der Waals surface area contributed by atoms with Crippen molar-refractivity contribution in [3.8, 4) is 28.0 Å². The summed E-state index contributed by atoms with van der Waals surface area (Å²) >= 11 is 0.526. The molecule has 1 aliphatic heterocycles. The Labute approximate surface area is 285 Å². The summed E-state index contributed by atoms with van der Waals surface area (Å²) in [4.78, 5) is 30.2. The minimum absolute atomic E-state index is 0.00348. The fourth-order valence-electron chi connectivity index (χ4n) is 5.78. The first-order chi connectivity index (χ1) is 23.2. The van der Waals surface area contributed by atoms with E-state index in [1.165, 1.54) is 32.2 Å². The summed E-state index contributed by atoms with van der Waals surface area (Å²) in [7, 11) is 1.38. The molecular formula is C35H28F8N2O4S. The molecule has 6 nitrogen and oxygen atoms in total. The highest BCUT2D eigenvalue weighted by molar-refractivity contribution is 8.14. The van der Waals surface area contributed by atoms with E-state index in [2.05, 4.69) is 4.98 Å². The average Bonchev–Trinajstić information content (AvgIpc) is 3.31. The molecule has 264 valence electrons. The van der Waals surface area contributed by atoms with Crippen LogP contribution < -0.4 is 4.74 Å². The first-order valence-electron chi connectivity index (χ1n) is 14.9. The number of hydrogen-bond acceptors (Lipinski definition) is 5. The van der Waals surface area contributed by atoms with E-state index in [-0.39, 0.29) is 28.5 Å². The molecule has 1 N–H and O–H groups in total. The van der Waals surface area contributed by atoms with E-state index in [9.17, 15) is 49.8 Å². The second kappa shape index (κ2) is 13.2. The number of aromatic carboxylic acids is 1. The number of carboxylic acids is 1. The molecule has 1 saturated heterocycles. The van der Waals surface area contributed by atoms with Gasteiger partial charge in [0.2, 0.25) is 0 Å². The van der Waals surface area contributed by atoms with Gasteiger partial charge in [-0.1, -0.05) is 30.0 Å². The molecule has 4 aromatic rings. The van der Waals surface area contributed by atoms with Gasteiger partial charge in [-0.2, -0.15) is 35.1 Å². The molecule has 0 spiro atoms. The minimum Gasteiger partial charge on any atom is -0.496 e. The van der Waals surface area contributed by atoms with Crippen molar-refractivity contribution in [1.82, 2.24) is 9.88 Å². The zero-order valence-electron chi connectivity index (χ0n) is 26.7. The van der Waals surface area contributed by atoms with E-state index in [1.807, 2.05) is 0 Å². The molecule has 5 rings (SSSR count). The van der Waals surface area contributed by atoms with Gasteiger partial charge >= 0.3 is 18.3 Å². The molecule has 1 fully saturated rings. The number of benzene rings is 3. The number of thioether (sulfide) groups is 1. The number of amides is 1. The van der Waals surface area contributed by atoms with E-state index < -0.39 is 64.1 Å². The number of nitrogens with zero attached hydrogens (tertiary/aromatic N) is 2. The summed E-state index contributed by atoms with van der Waals surface area (Å²) in [5, 5.41) is 7.50. The molecule has 0 bridgehead atoms. The van der Waals surface area contributed by atoms with Gasteiger partial charge in [-0.15, -0.1) is 0 Å². The Morgan fingerprint density at radius 1 is 0.880 bits per heavy atom. The molecule has 50 heavy (non-hydrogen) atoms. The summed E-state index contributed by atoms with van der Waals surface area (Å²) in [5.41, 5.74) is -1.48. The summed E-state index contributed by atoms with van der Waals surface area (Å²) in [6, 6.07) is 12.2. The lowest BCUT2D eigenvalue weighted by molar-refractivity contribution is -0.143. The molecule has 0 saturated carbocycles. The summed E-state index contributed by atoms with van der Waals surface area (Å²) in [6.45, 7) is 3.37. The van der Waals surface area contributed by atoms with Gasteiger partial charge < -0.3 is 14.7 Å². The van der Waals surface area contributed by atoms with Crippen molar-refractivity contribution in [2.75, 3.05) is 7.11 Å². The molecule has 2 atom stereocenters. The Balaban J connectivity index is 1.59. The van der Waals surface area contributed by atoms with Crippen LogP contribution >= 0.6 is 11.8 Å². The number of methoxy groups -OCH3 is 1. The summed E-state index contributed by atoms with van der Waals surface area (Å²) < 4.78 is 116. The zero-order chi connectivity index (χ0) is 36.9. The lowest BCUT2D eigenvalue weighted by Crippen LogP contribution is -2.32. The van der Waals surface area contributed by atoms with Crippen LogP contribution in [0.1, 0.15) is 63.1 Å². The van der Waals surface area contributed by atoms with Crippen LogP contribution in [0.3, 0.4) is 0 Å². The normalized spacial score (nSPS) is 17.0. The molecule has 1 aliphatic rings. The maximum absolute atomic E-state index is 14.6. The molecule has 2 heterocycles. The number of pyridine rings is 1. The van der Waals surface area contributed by atoms with Gasteiger partial charge in [-0.25, -0.2) is 9.78 Å². The molecule has 3 aromatic carbocycles. The Hall–Kier alpha value is -4.66. The van der Waals surface area contributed by atoms with Crippen LogP contribution in [0.5, 0.6) is 5.75 Å². The van der Waals surface area contributed by atoms with Crippen LogP contribution in [0, 0.1) is 6.92 Å². The number of carboxylic acid groups (broad SMARTS) is 1. The third kappa shape index (κ3) is 7.42. The highest BCUT2D eigenvalue weighted by atomic mass is 32.2. The largest absolute Gasteiger partial charge is 0.496 e. The van der Waals surface area contributed by atoms with Crippen molar-refractivity contribution in [2.24, 2.45) is 0 Å². The zero-order valence-corrected chi connectivity index (χ0v) is 27.5. The van der Waals surface area contributed by atoms with Crippen LogP contribution in [0.4, 0.5) is 39.9 Å². The average molecular weight is 725 g/mol. The number of carbonyl (C=O) groups excluding carboxylic acids is 1. The highest BCUT2D eigenvalue weighted by Gasteiger charge is 2.43. The van der Waals surface area contributed by atoms with Crippen LogP contribution in [-0.4, -0.2) is 39.4 Å².